The number of fused-ring (bicyclic) bond motifs is 1. The molecular formula is C22H29N5O. The zero-order valence-corrected chi connectivity index (χ0v) is 16.8. The van der Waals surface area contributed by atoms with Crippen molar-refractivity contribution >= 4 is 5.95 Å². The van der Waals surface area contributed by atoms with Gasteiger partial charge in [-0.15, -0.1) is 0 Å². The predicted molar refractivity (Wildman–Crippen MR) is 108 cm³/mol. The molecule has 2 heterocycles. The number of piperazine rings is 1. The van der Waals surface area contributed by atoms with E-state index in [0.717, 1.165) is 55.6 Å². The van der Waals surface area contributed by atoms with Crippen LogP contribution in [0.1, 0.15) is 32.3 Å². The Morgan fingerprint density at radius 2 is 1.79 bits per heavy atom. The summed E-state index contributed by atoms with van der Waals surface area (Å²) < 4.78 is 5.83. The summed E-state index contributed by atoms with van der Waals surface area (Å²) in [6, 6.07) is 8.87. The molecule has 2 atom stereocenters. The van der Waals surface area contributed by atoms with E-state index < -0.39 is 0 Å². The third kappa shape index (κ3) is 2.77. The van der Waals surface area contributed by atoms with Crippen LogP contribution >= 0.6 is 0 Å². The Balaban J connectivity index is 1.40. The van der Waals surface area contributed by atoms with Crippen LogP contribution in [0.4, 0.5) is 5.95 Å². The zero-order valence-electron chi connectivity index (χ0n) is 16.8. The van der Waals surface area contributed by atoms with Crippen LogP contribution in [0.5, 0.6) is 5.75 Å². The summed E-state index contributed by atoms with van der Waals surface area (Å²) in [6.07, 6.45) is 5.86. The van der Waals surface area contributed by atoms with E-state index in [1.54, 1.807) is 12.7 Å². The summed E-state index contributed by atoms with van der Waals surface area (Å²) in [5.41, 5.74) is 1.65. The van der Waals surface area contributed by atoms with E-state index in [0.29, 0.717) is 6.61 Å². The van der Waals surface area contributed by atoms with Crippen LogP contribution in [0.2, 0.25) is 0 Å². The van der Waals surface area contributed by atoms with Crippen LogP contribution < -0.4 is 9.64 Å². The van der Waals surface area contributed by atoms with Gasteiger partial charge < -0.3 is 9.64 Å². The molecule has 3 fully saturated rings. The average Bonchev–Trinajstić information content (AvgIpc) is 3.16. The maximum atomic E-state index is 5.83. The van der Waals surface area contributed by atoms with Crippen LogP contribution in [0.15, 0.2) is 36.9 Å². The molecule has 0 radical (unpaired) electrons. The van der Waals surface area contributed by atoms with E-state index in [1.807, 2.05) is 0 Å². The van der Waals surface area contributed by atoms with Crippen molar-refractivity contribution in [2.75, 3.05) is 37.7 Å². The minimum absolute atomic E-state index is 0.199. The molecule has 0 amide bonds. The maximum absolute atomic E-state index is 5.83. The van der Waals surface area contributed by atoms with Gasteiger partial charge in [0.1, 0.15) is 18.4 Å². The number of rotatable bonds is 5. The number of hydrogen-bond acceptors (Lipinski definition) is 6. The highest BCUT2D eigenvalue weighted by molar-refractivity contribution is 5.42. The quantitative estimate of drug-likeness (QED) is 0.796. The van der Waals surface area contributed by atoms with Gasteiger partial charge in [-0.2, -0.15) is 0 Å². The van der Waals surface area contributed by atoms with Crippen molar-refractivity contribution in [1.29, 1.82) is 0 Å². The summed E-state index contributed by atoms with van der Waals surface area (Å²) in [6.45, 7) is 9.20. The molecule has 1 aliphatic heterocycles. The first kappa shape index (κ1) is 17.9. The van der Waals surface area contributed by atoms with E-state index in [2.05, 4.69) is 62.9 Å². The summed E-state index contributed by atoms with van der Waals surface area (Å²) in [5, 5.41) is 0. The number of ether oxygens (including phenoxy) is 1. The first-order valence-corrected chi connectivity index (χ1v) is 10.6. The van der Waals surface area contributed by atoms with Crippen molar-refractivity contribution in [2.45, 2.75) is 32.2 Å². The van der Waals surface area contributed by atoms with Crippen LogP contribution in [0.25, 0.3) is 0 Å². The van der Waals surface area contributed by atoms with Crippen LogP contribution in [0.3, 0.4) is 0 Å². The molecule has 0 spiro atoms. The first-order chi connectivity index (χ1) is 13.7. The molecule has 0 bridgehead atoms. The lowest BCUT2D eigenvalue weighted by molar-refractivity contribution is 0.123. The van der Waals surface area contributed by atoms with Crippen molar-refractivity contribution in [3.8, 4) is 5.75 Å². The normalized spacial score (nSPS) is 32.2. The molecule has 148 valence electrons. The minimum Gasteiger partial charge on any atom is -0.494 e. The maximum Gasteiger partial charge on any atom is 0.228 e. The summed E-state index contributed by atoms with van der Waals surface area (Å²) in [5.74, 6) is 4.21. The molecule has 6 nitrogen and oxygen atoms in total. The van der Waals surface area contributed by atoms with Gasteiger partial charge in [-0.1, -0.05) is 19.1 Å². The van der Waals surface area contributed by atoms with E-state index in [1.165, 1.54) is 18.4 Å². The highest BCUT2D eigenvalue weighted by Gasteiger charge is 2.70. The van der Waals surface area contributed by atoms with Gasteiger partial charge >= 0.3 is 0 Å². The summed E-state index contributed by atoms with van der Waals surface area (Å²) >= 11 is 0. The van der Waals surface area contributed by atoms with E-state index in [-0.39, 0.29) is 5.54 Å². The molecular weight excluding hydrogens is 350 g/mol. The Morgan fingerprint density at radius 1 is 1.07 bits per heavy atom. The van der Waals surface area contributed by atoms with Crippen molar-refractivity contribution in [3.63, 3.8) is 0 Å². The van der Waals surface area contributed by atoms with Gasteiger partial charge in [0.15, 0.2) is 0 Å². The molecule has 6 heteroatoms. The number of nitrogens with zero attached hydrogens (tertiary/aromatic N) is 5. The molecule has 5 rings (SSSR count). The lowest BCUT2D eigenvalue weighted by Gasteiger charge is -2.42. The van der Waals surface area contributed by atoms with Crippen molar-refractivity contribution in [2.24, 2.45) is 17.8 Å². The Labute approximate surface area is 167 Å². The molecule has 2 unspecified atom stereocenters. The van der Waals surface area contributed by atoms with Crippen molar-refractivity contribution in [3.05, 3.63) is 42.5 Å². The smallest absolute Gasteiger partial charge is 0.228 e. The monoisotopic (exact) mass is 379 g/mol. The van der Waals surface area contributed by atoms with Crippen LogP contribution in [-0.2, 0) is 5.54 Å². The van der Waals surface area contributed by atoms with Gasteiger partial charge in [-0.05, 0) is 55.2 Å². The zero-order chi connectivity index (χ0) is 19.1. The Morgan fingerprint density at radius 3 is 2.46 bits per heavy atom. The van der Waals surface area contributed by atoms with Crippen LogP contribution in [-0.4, -0.2) is 52.6 Å². The second-order valence-corrected chi connectivity index (χ2v) is 8.49. The molecule has 0 N–H and O–H groups in total. The largest absolute Gasteiger partial charge is 0.494 e. The van der Waals surface area contributed by atoms with E-state index in [4.69, 9.17) is 4.74 Å². The fourth-order valence-electron chi connectivity index (χ4n) is 5.93. The number of anilines is 1. The van der Waals surface area contributed by atoms with Gasteiger partial charge in [0.05, 0.1) is 12.1 Å². The fraction of sp³-hybridized carbons (Fsp3) is 0.591. The topological polar surface area (TPSA) is 54.4 Å². The minimum atomic E-state index is 0.199. The van der Waals surface area contributed by atoms with E-state index in [9.17, 15) is 0 Å². The SMILES string of the molecule is CCOc1cccc(C2(N3CCN(c4ncncn4)CC3)C3CC(C)CC32)c1. The average molecular weight is 380 g/mol. The molecule has 1 aromatic heterocycles. The molecule has 2 saturated carbocycles. The Bertz CT molecular complexity index is 809. The van der Waals surface area contributed by atoms with Gasteiger partial charge in [0.2, 0.25) is 5.95 Å². The molecule has 1 aromatic carbocycles. The fourth-order valence-corrected chi connectivity index (χ4v) is 5.93. The molecule has 2 aromatic rings. The predicted octanol–water partition coefficient (Wildman–Crippen LogP) is 2.96. The van der Waals surface area contributed by atoms with E-state index >= 15 is 0 Å². The molecule has 28 heavy (non-hydrogen) atoms. The highest BCUT2D eigenvalue weighted by Crippen LogP contribution is 2.70. The third-order valence-electron chi connectivity index (χ3n) is 6.99. The first-order valence-electron chi connectivity index (χ1n) is 10.6. The second kappa shape index (κ2) is 6.99. The molecule has 1 saturated heterocycles. The highest BCUT2D eigenvalue weighted by atomic mass is 16.5. The third-order valence-corrected chi connectivity index (χ3v) is 6.99. The number of benzene rings is 1. The van der Waals surface area contributed by atoms with Gasteiger partial charge in [-0.3, -0.25) is 4.90 Å². The Hall–Kier alpha value is -2.21. The standard InChI is InChI=1S/C22H29N5O/c1-3-28-18-6-4-5-17(13-18)22(19-11-16(2)12-20(19)22)27-9-7-26(8-10-27)21-24-14-23-15-25-21/h4-6,13-16,19-20H,3,7-12H2,1-2H3. The van der Waals surface area contributed by atoms with Crippen molar-refractivity contribution in [1.82, 2.24) is 19.9 Å². The lowest BCUT2D eigenvalue weighted by atomic mass is 9.89. The molecule has 3 aliphatic rings. The number of aromatic nitrogens is 3. The Kier molecular flexibility index (Phi) is 4.46. The molecule has 2 aliphatic carbocycles. The number of hydrogen-bond donors (Lipinski definition) is 0. The second-order valence-electron chi connectivity index (χ2n) is 8.49. The van der Waals surface area contributed by atoms with Gasteiger partial charge in [-0.25, -0.2) is 15.0 Å². The van der Waals surface area contributed by atoms with Gasteiger partial charge in [0.25, 0.3) is 0 Å². The van der Waals surface area contributed by atoms with Crippen molar-refractivity contribution < 1.29 is 4.74 Å². The van der Waals surface area contributed by atoms with Gasteiger partial charge in [0, 0.05) is 26.2 Å². The van der Waals surface area contributed by atoms with Crippen LogP contribution in [0, 0.1) is 17.8 Å². The lowest BCUT2D eigenvalue weighted by Crippen LogP contribution is -2.52. The summed E-state index contributed by atoms with van der Waals surface area (Å²) in [7, 11) is 0. The summed E-state index contributed by atoms with van der Waals surface area (Å²) in [4.78, 5) is 17.6.